The molecular formula is C11H20N2S. The molecule has 1 atom stereocenters. The van der Waals surface area contributed by atoms with Crippen molar-refractivity contribution in [3.63, 3.8) is 0 Å². The van der Waals surface area contributed by atoms with Crippen molar-refractivity contribution in [1.29, 1.82) is 0 Å². The molecule has 2 nitrogen and oxygen atoms in total. The predicted octanol–water partition coefficient (Wildman–Crippen LogP) is 2.35. The van der Waals surface area contributed by atoms with Crippen LogP contribution in [0, 0.1) is 0 Å². The summed E-state index contributed by atoms with van der Waals surface area (Å²) >= 11 is 1.81. The Morgan fingerprint density at radius 3 is 2.43 bits per heavy atom. The van der Waals surface area contributed by atoms with Gasteiger partial charge in [-0.1, -0.05) is 6.07 Å². The highest BCUT2D eigenvalue weighted by Gasteiger charge is 2.32. The molecule has 0 radical (unpaired) electrons. The lowest BCUT2D eigenvalue weighted by Crippen LogP contribution is -2.48. The van der Waals surface area contributed by atoms with E-state index in [0.29, 0.717) is 6.04 Å². The molecule has 1 heterocycles. The maximum atomic E-state index is 3.39. The Hall–Kier alpha value is -0.380. The summed E-state index contributed by atoms with van der Waals surface area (Å²) in [5, 5.41) is 5.53. The Kier molecular flexibility index (Phi) is 3.70. The van der Waals surface area contributed by atoms with Gasteiger partial charge in [0.25, 0.3) is 0 Å². The van der Waals surface area contributed by atoms with Gasteiger partial charge in [-0.2, -0.15) is 0 Å². The van der Waals surface area contributed by atoms with Crippen molar-refractivity contribution in [2.45, 2.75) is 25.4 Å². The molecule has 1 N–H and O–H groups in total. The van der Waals surface area contributed by atoms with Gasteiger partial charge in [-0.25, -0.2) is 0 Å². The first-order chi connectivity index (χ1) is 6.50. The zero-order valence-electron chi connectivity index (χ0n) is 9.66. The number of hydrogen-bond acceptors (Lipinski definition) is 3. The number of nitrogens with one attached hydrogen (secondary N) is 1. The van der Waals surface area contributed by atoms with E-state index in [-0.39, 0.29) is 5.54 Å². The largest absolute Gasteiger partial charge is 0.311 e. The fraction of sp³-hybridized carbons (Fsp3) is 0.636. The van der Waals surface area contributed by atoms with Crippen LogP contribution < -0.4 is 5.32 Å². The molecule has 0 saturated carbocycles. The van der Waals surface area contributed by atoms with E-state index in [4.69, 9.17) is 0 Å². The van der Waals surface area contributed by atoms with Crippen LogP contribution in [0.3, 0.4) is 0 Å². The molecule has 14 heavy (non-hydrogen) atoms. The topological polar surface area (TPSA) is 15.3 Å². The summed E-state index contributed by atoms with van der Waals surface area (Å²) < 4.78 is 0. The molecule has 0 saturated heterocycles. The normalized spacial score (nSPS) is 14.7. The van der Waals surface area contributed by atoms with Crippen LogP contribution in [0.5, 0.6) is 0 Å². The molecule has 0 aliphatic rings. The van der Waals surface area contributed by atoms with Crippen LogP contribution in [0.2, 0.25) is 0 Å². The van der Waals surface area contributed by atoms with Gasteiger partial charge in [-0.05, 0) is 46.4 Å². The van der Waals surface area contributed by atoms with Gasteiger partial charge >= 0.3 is 0 Å². The number of thiophene rings is 1. The minimum Gasteiger partial charge on any atom is -0.311 e. The van der Waals surface area contributed by atoms with Crippen molar-refractivity contribution in [3.05, 3.63) is 22.4 Å². The molecule has 0 aliphatic heterocycles. The zero-order valence-corrected chi connectivity index (χ0v) is 10.5. The first-order valence-electron chi connectivity index (χ1n) is 4.88. The molecule has 1 aromatic heterocycles. The summed E-state index contributed by atoms with van der Waals surface area (Å²) in [6, 6.07) is 4.69. The van der Waals surface area contributed by atoms with Crippen molar-refractivity contribution in [1.82, 2.24) is 10.2 Å². The van der Waals surface area contributed by atoms with Gasteiger partial charge in [-0.15, -0.1) is 11.3 Å². The molecule has 0 aliphatic carbocycles. The fourth-order valence-corrected chi connectivity index (χ4v) is 2.57. The van der Waals surface area contributed by atoms with E-state index < -0.39 is 0 Å². The molecule has 1 rings (SSSR count). The summed E-state index contributed by atoms with van der Waals surface area (Å²) in [7, 11) is 6.27. The van der Waals surface area contributed by atoms with E-state index >= 15 is 0 Å². The smallest absolute Gasteiger partial charge is 0.0593 e. The monoisotopic (exact) mass is 212 g/mol. The van der Waals surface area contributed by atoms with Gasteiger partial charge in [-0.3, -0.25) is 0 Å². The van der Waals surface area contributed by atoms with Gasteiger partial charge in [0.05, 0.1) is 6.04 Å². The third kappa shape index (κ3) is 2.16. The van der Waals surface area contributed by atoms with Crippen LogP contribution in [0.15, 0.2) is 17.5 Å². The lowest BCUT2D eigenvalue weighted by molar-refractivity contribution is 0.144. The van der Waals surface area contributed by atoms with Crippen LogP contribution in [-0.4, -0.2) is 31.6 Å². The Balaban J connectivity index is 2.92. The molecule has 0 amide bonds. The highest BCUT2D eigenvalue weighted by Crippen LogP contribution is 2.31. The molecule has 1 aromatic rings. The molecule has 0 bridgehead atoms. The van der Waals surface area contributed by atoms with Crippen LogP contribution >= 0.6 is 11.3 Å². The van der Waals surface area contributed by atoms with E-state index in [0.717, 1.165) is 0 Å². The number of hydrogen-bond donors (Lipinski definition) is 1. The molecule has 1 unspecified atom stereocenters. The molecule has 0 spiro atoms. The van der Waals surface area contributed by atoms with Crippen LogP contribution in [0.1, 0.15) is 24.8 Å². The maximum Gasteiger partial charge on any atom is 0.0593 e. The molecule has 0 aromatic carbocycles. The second-order valence-electron chi connectivity index (χ2n) is 4.29. The van der Waals surface area contributed by atoms with E-state index in [1.54, 1.807) is 0 Å². The average Bonchev–Trinajstić information content (AvgIpc) is 2.57. The van der Waals surface area contributed by atoms with Gasteiger partial charge in [0.1, 0.15) is 0 Å². The van der Waals surface area contributed by atoms with Crippen molar-refractivity contribution in [2.24, 2.45) is 0 Å². The second-order valence-corrected chi connectivity index (χ2v) is 5.26. The van der Waals surface area contributed by atoms with Crippen LogP contribution in [-0.2, 0) is 0 Å². The first-order valence-corrected chi connectivity index (χ1v) is 5.76. The van der Waals surface area contributed by atoms with E-state index in [2.05, 4.69) is 55.7 Å². The predicted molar refractivity (Wildman–Crippen MR) is 63.9 cm³/mol. The van der Waals surface area contributed by atoms with E-state index in [1.165, 1.54) is 4.88 Å². The zero-order chi connectivity index (χ0) is 10.8. The Labute approximate surface area is 90.9 Å². The summed E-state index contributed by atoms with van der Waals surface area (Å²) in [6.45, 7) is 4.52. The van der Waals surface area contributed by atoms with Crippen LogP contribution in [0.4, 0.5) is 0 Å². The minimum atomic E-state index is 0.125. The number of likely N-dealkylation sites (N-methyl/N-ethyl adjacent to an activating group) is 2. The van der Waals surface area contributed by atoms with Crippen molar-refractivity contribution in [3.8, 4) is 0 Å². The van der Waals surface area contributed by atoms with Crippen LogP contribution in [0.25, 0.3) is 0 Å². The van der Waals surface area contributed by atoms with Gasteiger partial charge < -0.3 is 10.2 Å². The molecule has 3 heteroatoms. The van der Waals surface area contributed by atoms with Crippen molar-refractivity contribution in [2.75, 3.05) is 21.1 Å². The quantitative estimate of drug-likeness (QED) is 0.824. The van der Waals surface area contributed by atoms with Gasteiger partial charge in [0.15, 0.2) is 0 Å². The maximum absolute atomic E-state index is 3.39. The highest BCUT2D eigenvalue weighted by molar-refractivity contribution is 7.10. The standard InChI is InChI=1S/C11H20N2S/c1-11(2,13(4)5)10(12-3)9-7-6-8-14-9/h6-8,10,12H,1-5H3. The van der Waals surface area contributed by atoms with E-state index in [1.807, 2.05) is 18.4 Å². The van der Waals surface area contributed by atoms with Crippen molar-refractivity contribution >= 4 is 11.3 Å². The van der Waals surface area contributed by atoms with Gasteiger partial charge in [0.2, 0.25) is 0 Å². The first kappa shape index (κ1) is 11.7. The Bertz CT molecular complexity index is 265. The fourth-order valence-electron chi connectivity index (χ4n) is 1.56. The third-order valence-corrected chi connectivity index (χ3v) is 3.91. The summed E-state index contributed by atoms with van der Waals surface area (Å²) in [5.41, 5.74) is 0.125. The second kappa shape index (κ2) is 4.43. The van der Waals surface area contributed by atoms with E-state index in [9.17, 15) is 0 Å². The Morgan fingerprint density at radius 2 is 2.07 bits per heavy atom. The summed E-state index contributed by atoms with van der Waals surface area (Å²) in [4.78, 5) is 3.65. The average molecular weight is 212 g/mol. The van der Waals surface area contributed by atoms with Gasteiger partial charge in [0, 0.05) is 10.4 Å². The molecule has 80 valence electrons. The lowest BCUT2D eigenvalue weighted by atomic mass is 9.92. The van der Waals surface area contributed by atoms with Crippen molar-refractivity contribution < 1.29 is 0 Å². The SMILES string of the molecule is CNC(c1cccs1)C(C)(C)N(C)C. The Morgan fingerprint density at radius 1 is 1.43 bits per heavy atom. The molecular weight excluding hydrogens is 192 g/mol. The summed E-state index contributed by atoms with van der Waals surface area (Å²) in [5.74, 6) is 0. The lowest BCUT2D eigenvalue weighted by Gasteiger charge is -2.39. The third-order valence-electron chi connectivity index (χ3n) is 2.98. The number of rotatable bonds is 4. The summed E-state index contributed by atoms with van der Waals surface area (Å²) in [6.07, 6.45) is 0. The highest BCUT2D eigenvalue weighted by atomic mass is 32.1. The number of nitrogens with zero attached hydrogens (tertiary/aromatic N) is 1. The minimum absolute atomic E-state index is 0.125. The molecule has 0 fully saturated rings.